The van der Waals surface area contributed by atoms with Crippen LogP contribution < -0.4 is 15.2 Å². The summed E-state index contributed by atoms with van der Waals surface area (Å²) in [4.78, 5) is 40.0. The van der Waals surface area contributed by atoms with Gasteiger partial charge in [0, 0.05) is 34.8 Å². The molecule has 10 atom stereocenters. The van der Waals surface area contributed by atoms with Crippen molar-refractivity contribution in [1.29, 1.82) is 5.26 Å². The number of hydrogen-bond acceptors (Lipinski definition) is 8. The third kappa shape index (κ3) is 9.75. The van der Waals surface area contributed by atoms with Crippen LogP contribution in [0.25, 0.3) is 0 Å². The Bertz CT molecular complexity index is 1860. The summed E-state index contributed by atoms with van der Waals surface area (Å²) in [6, 6.07) is 14.0. The van der Waals surface area contributed by atoms with E-state index in [0.717, 1.165) is 67.4 Å². The number of Topliss-reactive ketones (excluding diaryl/α,β-unsaturated/α-hetero) is 2. The third-order valence-corrected chi connectivity index (χ3v) is 15.6. The highest BCUT2D eigenvalue weighted by molar-refractivity contribution is 6.00. The molecule has 0 saturated heterocycles. The fourth-order valence-corrected chi connectivity index (χ4v) is 12.9. The molecule has 0 heterocycles. The second-order valence-electron chi connectivity index (χ2n) is 20.3. The van der Waals surface area contributed by atoms with E-state index >= 15 is 0 Å². The van der Waals surface area contributed by atoms with E-state index in [1.165, 1.54) is 6.42 Å². The molecule has 9 nitrogen and oxygen atoms in total. The summed E-state index contributed by atoms with van der Waals surface area (Å²) in [5.74, 6) is 1.56. The minimum absolute atomic E-state index is 0.0530. The number of primary amides is 1. The molecule has 4 fully saturated rings. The number of fused-ring (bicyclic) bond motifs is 2. The summed E-state index contributed by atoms with van der Waals surface area (Å²) in [5, 5.41) is 25.1. The number of benzene rings is 2. The van der Waals surface area contributed by atoms with Crippen molar-refractivity contribution in [2.75, 3.05) is 27.4 Å². The van der Waals surface area contributed by atoms with E-state index in [9.17, 15) is 19.6 Å². The zero-order valence-electron chi connectivity index (χ0n) is 38.1. The molecule has 4 N–H and O–H groups in total. The third-order valence-electron chi connectivity index (χ3n) is 15.6. The molecular weight excluding hydrogens is 741 g/mol. The Morgan fingerprint density at radius 2 is 1.10 bits per heavy atom. The molecular formula is C50H74N2O7. The number of methoxy groups -OCH3 is 2. The summed E-state index contributed by atoms with van der Waals surface area (Å²) in [6.07, 6.45) is 8.40. The number of nitriles is 1. The van der Waals surface area contributed by atoms with Gasteiger partial charge in [0.25, 0.3) is 0 Å². The van der Waals surface area contributed by atoms with E-state index in [2.05, 4.69) is 54.5 Å². The quantitative estimate of drug-likeness (QED) is 0.222. The Morgan fingerprint density at radius 1 is 0.695 bits per heavy atom. The second-order valence-corrected chi connectivity index (χ2v) is 20.3. The molecule has 0 aromatic heterocycles. The Balaban J connectivity index is 0.000000239. The molecule has 4 saturated carbocycles. The van der Waals surface area contributed by atoms with Crippen LogP contribution in [-0.2, 0) is 4.79 Å². The smallest absolute Gasteiger partial charge is 0.220 e. The first-order valence-corrected chi connectivity index (χ1v) is 21.9. The molecule has 59 heavy (non-hydrogen) atoms. The Hall–Kier alpha value is -3.74. The van der Waals surface area contributed by atoms with Crippen molar-refractivity contribution >= 4 is 17.5 Å². The van der Waals surface area contributed by atoms with Crippen LogP contribution >= 0.6 is 0 Å². The topological polar surface area (TPSA) is 160 Å². The molecule has 4 aliphatic rings. The summed E-state index contributed by atoms with van der Waals surface area (Å²) < 4.78 is 10.8. The Morgan fingerprint density at radius 3 is 1.47 bits per heavy atom. The first-order valence-electron chi connectivity index (χ1n) is 21.9. The number of aliphatic hydroxyl groups excluding tert-OH is 2. The molecule has 1 amide bonds. The maximum absolute atomic E-state index is 13.9. The van der Waals surface area contributed by atoms with Crippen molar-refractivity contribution in [3.63, 3.8) is 0 Å². The van der Waals surface area contributed by atoms with Gasteiger partial charge in [-0.05, 0) is 145 Å². The lowest BCUT2D eigenvalue weighted by Crippen LogP contribution is -2.57. The van der Waals surface area contributed by atoms with Gasteiger partial charge in [0.05, 0.1) is 33.5 Å². The number of rotatable bonds is 8. The number of carbonyl (C=O) groups is 3. The fourth-order valence-electron chi connectivity index (χ4n) is 12.9. The van der Waals surface area contributed by atoms with Crippen molar-refractivity contribution in [2.45, 2.75) is 121 Å². The molecule has 2 aromatic rings. The van der Waals surface area contributed by atoms with Crippen LogP contribution in [0.3, 0.4) is 0 Å². The predicted molar refractivity (Wildman–Crippen MR) is 233 cm³/mol. The van der Waals surface area contributed by atoms with Crippen LogP contribution in [0.5, 0.6) is 11.5 Å². The number of amides is 1. The van der Waals surface area contributed by atoms with Gasteiger partial charge >= 0.3 is 0 Å². The van der Waals surface area contributed by atoms with E-state index < -0.39 is 0 Å². The number of hydrogen-bond donors (Lipinski definition) is 3. The second kappa shape index (κ2) is 18.9. The van der Waals surface area contributed by atoms with Gasteiger partial charge in [0.15, 0.2) is 11.6 Å². The summed E-state index contributed by atoms with van der Waals surface area (Å²) in [7, 11) is 3.26. The minimum Gasteiger partial charge on any atom is -0.497 e. The van der Waals surface area contributed by atoms with E-state index in [1.807, 2.05) is 57.2 Å². The van der Waals surface area contributed by atoms with Crippen LogP contribution in [0.1, 0.15) is 139 Å². The molecule has 0 spiro atoms. The van der Waals surface area contributed by atoms with Gasteiger partial charge < -0.3 is 25.4 Å². The molecule has 6 rings (SSSR count). The fraction of sp³-hybridized carbons (Fsp3) is 0.680. The molecule has 4 aliphatic carbocycles. The lowest BCUT2D eigenvalue weighted by Gasteiger charge is -2.60. The molecule has 326 valence electrons. The van der Waals surface area contributed by atoms with Gasteiger partial charge in [-0.1, -0.05) is 68.2 Å². The number of aryl methyl sites for hydroxylation is 2. The van der Waals surface area contributed by atoms with Gasteiger partial charge in [-0.25, -0.2) is 0 Å². The zero-order chi connectivity index (χ0) is 44.2. The standard InChI is InChI=1S/C24H35NO3.C24H33NO2.C2H6O2/c1-14-10-16(12-17(11-14)28-6)21(26)20-15(2)18(22(25)27)13-19-23(3,4)8-7-9-24(19,20)5;1-15-10-17(12-19(11-15)27-6)22(26)21-16(2)18(14-25)13-20-23(3,4)8-7-9-24(20,21)5;3-1-2-4/h10-12,15,18-20H,7-9,13H2,1-6H3,(H2,25,27);10-12,16,18,20-21H,7-9,13H2,1-6H3;3-4H,1-2H2/t15-,18?,19+,20-,24+;16?,18?,20-,21+,24-;/m10./s1. The van der Waals surface area contributed by atoms with Gasteiger partial charge in [-0.2, -0.15) is 5.26 Å². The minimum atomic E-state index is -0.268. The van der Waals surface area contributed by atoms with Gasteiger partial charge in [0.2, 0.25) is 5.91 Å². The van der Waals surface area contributed by atoms with Crippen molar-refractivity contribution in [3.8, 4) is 17.6 Å². The van der Waals surface area contributed by atoms with Crippen molar-refractivity contribution in [2.24, 2.45) is 74.7 Å². The van der Waals surface area contributed by atoms with Crippen LogP contribution in [0.2, 0.25) is 0 Å². The molecule has 0 radical (unpaired) electrons. The van der Waals surface area contributed by atoms with Crippen LogP contribution in [0.4, 0.5) is 0 Å². The summed E-state index contributed by atoms with van der Waals surface area (Å²) in [5.41, 5.74) is 9.35. The molecule has 2 aromatic carbocycles. The Kier molecular flexibility index (Phi) is 15.3. The zero-order valence-corrected chi connectivity index (χ0v) is 38.1. The molecule has 0 aliphatic heterocycles. The van der Waals surface area contributed by atoms with Gasteiger partial charge in [-0.3, -0.25) is 14.4 Å². The highest BCUT2D eigenvalue weighted by atomic mass is 16.5. The first-order chi connectivity index (χ1) is 27.6. The van der Waals surface area contributed by atoms with Crippen LogP contribution in [0.15, 0.2) is 36.4 Å². The van der Waals surface area contributed by atoms with Crippen molar-refractivity contribution in [1.82, 2.24) is 0 Å². The summed E-state index contributed by atoms with van der Waals surface area (Å²) >= 11 is 0. The maximum atomic E-state index is 13.9. The summed E-state index contributed by atoms with van der Waals surface area (Å²) in [6.45, 7) is 21.7. The number of aliphatic hydroxyl groups is 2. The van der Waals surface area contributed by atoms with E-state index in [-0.39, 0.29) is 87.9 Å². The first kappa shape index (κ1) is 47.9. The number of carbonyl (C=O) groups excluding carboxylic acids is 3. The largest absolute Gasteiger partial charge is 0.497 e. The van der Waals surface area contributed by atoms with Gasteiger partial charge in [-0.15, -0.1) is 0 Å². The Labute approximate surface area is 354 Å². The van der Waals surface area contributed by atoms with Crippen LogP contribution in [0, 0.1) is 94.2 Å². The maximum Gasteiger partial charge on any atom is 0.220 e. The van der Waals surface area contributed by atoms with E-state index in [1.54, 1.807) is 14.2 Å². The molecule has 0 bridgehead atoms. The van der Waals surface area contributed by atoms with Crippen molar-refractivity contribution < 1.29 is 34.1 Å². The normalized spacial score (nSPS) is 32.8. The average molecular weight is 815 g/mol. The monoisotopic (exact) mass is 815 g/mol. The SMILES string of the molecule is COc1cc(C)cc(C(=O)[C@H]2C(C)C(C#N)C[C@H]3C(C)(C)CCC[C@]23C)c1.COc1cc(C)cc(C(=O)[C@H]2[C@H](C)C(C(N)=O)C[C@H]3C(C)(C)CCC[C@]23C)c1.OCCO. The highest BCUT2D eigenvalue weighted by Crippen LogP contribution is 2.64. The van der Waals surface area contributed by atoms with E-state index in [4.69, 9.17) is 25.4 Å². The lowest BCUT2D eigenvalue weighted by atomic mass is 9.44. The molecule has 9 heteroatoms. The van der Waals surface area contributed by atoms with Gasteiger partial charge in [0.1, 0.15) is 11.5 Å². The number of ketones is 2. The number of nitrogens with two attached hydrogens (primary N) is 1. The average Bonchev–Trinajstić information content (AvgIpc) is 3.16. The van der Waals surface area contributed by atoms with Crippen LogP contribution in [-0.4, -0.2) is 55.1 Å². The number of ether oxygens (including phenoxy) is 2. The lowest BCUT2D eigenvalue weighted by molar-refractivity contribution is -0.138. The number of nitrogens with zero attached hydrogens (tertiary/aromatic N) is 1. The van der Waals surface area contributed by atoms with E-state index in [0.29, 0.717) is 23.1 Å². The van der Waals surface area contributed by atoms with Crippen molar-refractivity contribution in [3.05, 3.63) is 58.7 Å². The highest BCUT2D eigenvalue weighted by Gasteiger charge is 2.60. The predicted octanol–water partition coefficient (Wildman–Crippen LogP) is 9.56. The molecule has 3 unspecified atom stereocenters.